The number of carbonyl (C=O) groups excluding carboxylic acids is 1. The minimum atomic E-state index is -4.89. The average Bonchev–Trinajstić information content (AvgIpc) is 2.91. The Morgan fingerprint density at radius 3 is 2.53 bits per heavy atom. The fraction of sp³-hybridized carbons (Fsp3) is 0.360. The number of benzene rings is 1. The van der Waals surface area contributed by atoms with Gasteiger partial charge in [0.15, 0.2) is 28.8 Å². The molecule has 5 rings (SSSR count). The smallest absolute Gasteiger partial charge is 1.00 e. The summed E-state index contributed by atoms with van der Waals surface area (Å²) in [5, 5.41) is 5.83. The minimum Gasteiger partial charge on any atom is -1.00 e. The Kier molecular flexibility index (Phi) is 12.0. The number of phosphoric ester groups is 1. The van der Waals surface area contributed by atoms with E-state index in [0.717, 1.165) is 35.4 Å². The Bertz CT molecular complexity index is 1540. The Morgan fingerprint density at radius 1 is 1.14 bits per heavy atom. The summed E-state index contributed by atoms with van der Waals surface area (Å²) in [6.45, 7) is 7.20. The van der Waals surface area contributed by atoms with Gasteiger partial charge in [0.25, 0.3) is 5.91 Å². The van der Waals surface area contributed by atoms with Gasteiger partial charge in [-0.3, -0.25) is 14.2 Å². The topological polar surface area (TPSA) is 171 Å². The molecule has 0 bridgehead atoms. The number of amides is 1. The van der Waals surface area contributed by atoms with Crippen LogP contribution in [0.2, 0.25) is 0 Å². The first-order valence-electron chi connectivity index (χ1n) is 12.6. The Morgan fingerprint density at radius 2 is 1.86 bits per heavy atom. The third-order valence-electron chi connectivity index (χ3n) is 6.37. The maximum atomic E-state index is 14.7. The van der Waals surface area contributed by atoms with Crippen molar-refractivity contribution in [1.29, 1.82) is 0 Å². The number of nitrogens with one attached hydrogen (secondary N) is 2. The van der Waals surface area contributed by atoms with Crippen molar-refractivity contribution >= 4 is 48.5 Å². The number of hydrogen-bond acceptors (Lipinski definition) is 11. The van der Waals surface area contributed by atoms with Gasteiger partial charge in [-0.1, -0.05) is 0 Å². The van der Waals surface area contributed by atoms with Crippen LogP contribution in [0.25, 0.3) is 0 Å². The minimum absolute atomic E-state index is 0. The average molecular weight is 638 g/mol. The third kappa shape index (κ3) is 8.65. The summed E-state index contributed by atoms with van der Waals surface area (Å²) in [5.41, 5.74) is 1.51. The van der Waals surface area contributed by atoms with Crippen LogP contribution in [0, 0.1) is 12.7 Å². The van der Waals surface area contributed by atoms with E-state index in [1.54, 1.807) is 0 Å². The van der Waals surface area contributed by atoms with E-state index in [0.29, 0.717) is 18.9 Å². The second-order valence-corrected chi connectivity index (χ2v) is 11.1. The van der Waals surface area contributed by atoms with Gasteiger partial charge < -0.3 is 37.6 Å². The van der Waals surface area contributed by atoms with Gasteiger partial charge in [0.2, 0.25) is 5.95 Å². The fourth-order valence-corrected chi connectivity index (χ4v) is 4.69. The quantitative estimate of drug-likeness (QED) is 0.151. The van der Waals surface area contributed by atoms with Crippen molar-refractivity contribution in [3.63, 3.8) is 0 Å². The Hall–Kier alpha value is -1.88. The molecule has 4 heterocycles. The number of morpholine rings is 1. The van der Waals surface area contributed by atoms with E-state index in [1.807, 2.05) is 25.1 Å². The van der Waals surface area contributed by atoms with Crippen LogP contribution in [-0.4, -0.2) is 69.3 Å². The number of aryl methyl sites for hydroxylation is 1. The summed E-state index contributed by atoms with van der Waals surface area (Å²) < 4.78 is 41.7. The molecule has 1 aromatic carbocycles. The number of fused-ring (bicyclic) bond motifs is 1. The largest absolute Gasteiger partial charge is 1.00 e. The van der Waals surface area contributed by atoms with Gasteiger partial charge in [-0.25, -0.2) is 18.9 Å². The van der Waals surface area contributed by atoms with E-state index in [9.17, 15) is 13.8 Å². The van der Waals surface area contributed by atoms with Crippen LogP contribution in [0.1, 0.15) is 22.3 Å². The van der Waals surface area contributed by atoms with Crippen molar-refractivity contribution < 1.29 is 99.5 Å². The van der Waals surface area contributed by atoms with Crippen molar-refractivity contribution in [1.82, 2.24) is 15.0 Å². The first-order valence-corrected chi connectivity index (χ1v) is 14.1. The monoisotopic (exact) mass is 637 g/mol. The van der Waals surface area contributed by atoms with Gasteiger partial charge in [0.1, 0.15) is 12.5 Å². The predicted octanol–water partition coefficient (Wildman–Crippen LogP) is -2.55. The number of rotatable bonds is 8. The van der Waals surface area contributed by atoms with Crippen molar-refractivity contribution in [2.75, 3.05) is 53.5 Å². The molecule has 2 aliphatic heterocycles. The molecule has 14 nitrogen and oxygen atoms in total. The molecule has 2 aliphatic rings. The predicted molar refractivity (Wildman–Crippen MR) is 149 cm³/mol. The SMILES string of the molecule is Cc1cc(Nc2ncc(F)c(Nc3ccc4c(n3)N(COP(=O)(O)O)C(=O)C(C)(C)O4)n2)ccc1N1CCOCC1.[H-].[H-].[Na+].[Na+]. The molecule has 0 aliphatic carbocycles. The standard InChI is InChI=1S/C25H29FN7O7P.2Na.2H/c1-15-12-16(4-5-18(15)32-8-10-38-11-9-32)28-24-27-13-17(26)21(31-24)29-20-7-6-19-22(30-20)33(14-39-41(35,36)37)23(34)25(2,3)40-19;;;;/h4-7,12-13H,8-11,14H2,1-3H3,(H2,35,36,37)(H2,27,28,29,30,31);;;;/q;2*+1;2*-1. The molecule has 18 heteroatoms. The maximum absolute atomic E-state index is 14.7. The molecule has 222 valence electrons. The van der Waals surface area contributed by atoms with Gasteiger partial charge in [0.05, 0.1) is 19.4 Å². The van der Waals surface area contributed by atoms with Crippen LogP contribution < -0.4 is 84.3 Å². The van der Waals surface area contributed by atoms with Crippen LogP contribution in [0.4, 0.5) is 39.2 Å². The second-order valence-electron chi connectivity index (χ2n) is 9.85. The summed E-state index contributed by atoms with van der Waals surface area (Å²) in [5.74, 6) is -1.30. The molecule has 0 unspecified atom stereocenters. The summed E-state index contributed by atoms with van der Waals surface area (Å²) in [7, 11) is -4.89. The van der Waals surface area contributed by atoms with E-state index in [4.69, 9.17) is 19.3 Å². The molecule has 0 saturated carbocycles. The van der Waals surface area contributed by atoms with Crippen LogP contribution >= 0.6 is 7.82 Å². The van der Waals surface area contributed by atoms with Gasteiger partial charge in [-0.15, -0.1) is 0 Å². The number of carbonyl (C=O) groups is 1. The van der Waals surface area contributed by atoms with Crippen molar-refractivity contribution in [2.45, 2.75) is 26.4 Å². The summed E-state index contributed by atoms with van der Waals surface area (Å²) >= 11 is 0. The van der Waals surface area contributed by atoms with E-state index in [1.165, 1.54) is 26.0 Å². The summed E-state index contributed by atoms with van der Waals surface area (Å²) in [4.78, 5) is 46.9. The molecular weight excluding hydrogens is 606 g/mol. The third-order valence-corrected chi connectivity index (χ3v) is 6.82. The molecular formula is C25H31FN7Na2O7P. The van der Waals surface area contributed by atoms with Crippen molar-refractivity contribution in [3.05, 3.63) is 47.9 Å². The zero-order valence-corrected chi connectivity index (χ0v) is 29.4. The van der Waals surface area contributed by atoms with Crippen LogP contribution in [0.3, 0.4) is 0 Å². The van der Waals surface area contributed by atoms with E-state index < -0.39 is 31.9 Å². The number of pyridine rings is 1. The van der Waals surface area contributed by atoms with E-state index >= 15 is 0 Å². The Balaban J connectivity index is 0.00000253. The molecule has 1 saturated heterocycles. The number of hydrogen-bond donors (Lipinski definition) is 4. The zero-order valence-electron chi connectivity index (χ0n) is 26.5. The summed E-state index contributed by atoms with van der Waals surface area (Å²) in [6.07, 6.45) is 1.00. The van der Waals surface area contributed by atoms with Crippen LogP contribution in [-0.2, 0) is 18.6 Å². The first-order chi connectivity index (χ1) is 19.4. The number of phosphoric acid groups is 1. The molecule has 0 radical (unpaired) electrons. The molecule has 1 amide bonds. The number of halogens is 1. The normalized spacial score (nSPS) is 15.9. The van der Waals surface area contributed by atoms with Gasteiger partial charge in [-0.05, 0) is 56.7 Å². The molecule has 2 aromatic heterocycles. The molecule has 43 heavy (non-hydrogen) atoms. The van der Waals surface area contributed by atoms with E-state index in [2.05, 4.69) is 35.0 Å². The van der Waals surface area contributed by atoms with Gasteiger partial charge in [-0.2, -0.15) is 4.98 Å². The number of ether oxygens (including phenoxy) is 2. The molecule has 4 N–H and O–H groups in total. The van der Waals surface area contributed by atoms with Gasteiger partial charge >= 0.3 is 66.9 Å². The molecule has 3 aromatic rings. The number of aromatic nitrogens is 3. The van der Waals surface area contributed by atoms with Crippen LogP contribution in [0.5, 0.6) is 5.75 Å². The maximum Gasteiger partial charge on any atom is 1.00 e. The number of nitrogens with zero attached hydrogens (tertiary/aromatic N) is 5. The molecule has 0 spiro atoms. The van der Waals surface area contributed by atoms with E-state index in [-0.39, 0.29) is 91.1 Å². The van der Waals surface area contributed by atoms with Crippen molar-refractivity contribution in [3.8, 4) is 5.75 Å². The zero-order chi connectivity index (χ0) is 29.4. The second kappa shape index (κ2) is 14.5. The van der Waals surface area contributed by atoms with Crippen LogP contribution in [0.15, 0.2) is 36.5 Å². The number of anilines is 6. The molecule has 1 fully saturated rings. The Labute approximate surface area is 294 Å². The van der Waals surface area contributed by atoms with Crippen molar-refractivity contribution in [2.24, 2.45) is 0 Å². The molecule has 0 atom stereocenters. The first kappa shape index (κ1) is 35.6. The fourth-order valence-electron chi connectivity index (χ4n) is 4.43. The van der Waals surface area contributed by atoms with Gasteiger partial charge in [0, 0.05) is 24.5 Å². The summed E-state index contributed by atoms with van der Waals surface area (Å²) in [6, 6.07) is 8.79.